The van der Waals surface area contributed by atoms with E-state index in [1.807, 2.05) is 0 Å². The molecule has 142 valence electrons. The molecule has 0 heterocycles. The molecule has 2 N–H and O–H groups in total. The molecule has 1 amide bonds. The highest BCUT2D eigenvalue weighted by Crippen LogP contribution is 2.32. The number of amides is 1. The van der Waals surface area contributed by atoms with Gasteiger partial charge in [-0.05, 0) is 48.5 Å². The summed E-state index contributed by atoms with van der Waals surface area (Å²) in [6, 6.07) is 14.6. The molecule has 0 saturated carbocycles. The monoisotopic (exact) mass is 418 g/mol. The molecule has 0 unspecified atom stereocenters. The lowest BCUT2D eigenvalue weighted by Crippen LogP contribution is -2.12. The van der Waals surface area contributed by atoms with Crippen LogP contribution in [0.15, 0.2) is 60.7 Å². The van der Waals surface area contributed by atoms with Crippen LogP contribution in [0.3, 0.4) is 0 Å². The molecule has 0 bridgehead atoms. The van der Waals surface area contributed by atoms with Crippen molar-refractivity contribution in [2.24, 2.45) is 0 Å². The van der Waals surface area contributed by atoms with Crippen molar-refractivity contribution in [1.82, 2.24) is 0 Å². The van der Waals surface area contributed by atoms with Gasteiger partial charge in [0.1, 0.15) is 17.2 Å². The Hall–Kier alpha value is -3.29. The first-order valence-electron chi connectivity index (χ1n) is 7.85. The first-order chi connectivity index (χ1) is 13.3. The fourth-order valence-electron chi connectivity index (χ4n) is 2.32. The van der Waals surface area contributed by atoms with Crippen LogP contribution < -0.4 is 10.1 Å². The maximum absolute atomic E-state index is 12.3. The lowest BCUT2D eigenvalue weighted by Gasteiger charge is -2.11. The minimum absolute atomic E-state index is 0.108. The van der Waals surface area contributed by atoms with E-state index in [1.54, 1.807) is 36.4 Å². The van der Waals surface area contributed by atoms with Gasteiger partial charge in [0.2, 0.25) is 0 Å². The molecule has 0 aliphatic heterocycles. The summed E-state index contributed by atoms with van der Waals surface area (Å²) < 4.78 is 5.66. The van der Waals surface area contributed by atoms with E-state index in [4.69, 9.17) is 27.9 Å². The molecule has 0 spiro atoms. The number of hydrogen-bond donors (Lipinski definition) is 2. The second-order valence-electron chi connectivity index (χ2n) is 5.61. The van der Waals surface area contributed by atoms with E-state index in [1.165, 1.54) is 12.1 Å². The van der Waals surface area contributed by atoms with Crippen LogP contribution in [-0.2, 0) is 0 Å². The average Bonchev–Trinajstić information content (AvgIpc) is 2.65. The third-order valence-electron chi connectivity index (χ3n) is 3.67. The number of benzene rings is 3. The predicted molar refractivity (Wildman–Crippen MR) is 106 cm³/mol. The smallest absolute Gasteiger partial charge is 0.273 e. The standard InChI is InChI=1S/C19H12Cl2N2O5/c20-11-1-5-14(6-2-11)28-18-8-3-12(9-16(18)21)22-19(25)15-7-4-13(23(26)27)10-17(15)24/h1-10,24H,(H,22,25). The molecule has 3 aromatic rings. The lowest BCUT2D eigenvalue weighted by atomic mass is 10.1. The molecule has 0 atom stereocenters. The van der Waals surface area contributed by atoms with Gasteiger partial charge < -0.3 is 15.2 Å². The zero-order valence-electron chi connectivity index (χ0n) is 14.1. The minimum atomic E-state index is -0.666. The van der Waals surface area contributed by atoms with E-state index >= 15 is 0 Å². The van der Waals surface area contributed by atoms with Crippen molar-refractivity contribution in [2.45, 2.75) is 0 Å². The van der Waals surface area contributed by atoms with Crippen molar-refractivity contribution in [3.05, 3.63) is 86.4 Å². The molecule has 0 aromatic heterocycles. The molecule has 7 nitrogen and oxygen atoms in total. The predicted octanol–water partition coefficient (Wildman–Crippen LogP) is 5.65. The van der Waals surface area contributed by atoms with Gasteiger partial charge in [-0.2, -0.15) is 0 Å². The number of rotatable bonds is 5. The average molecular weight is 419 g/mol. The highest BCUT2D eigenvalue weighted by molar-refractivity contribution is 6.32. The molecule has 0 radical (unpaired) electrons. The number of anilines is 1. The Balaban J connectivity index is 1.74. The van der Waals surface area contributed by atoms with E-state index in [0.717, 1.165) is 12.1 Å². The fourth-order valence-corrected chi connectivity index (χ4v) is 2.66. The number of nitrogens with one attached hydrogen (secondary N) is 1. The molecule has 0 saturated heterocycles. The Morgan fingerprint density at radius 3 is 2.36 bits per heavy atom. The summed E-state index contributed by atoms with van der Waals surface area (Å²) in [5.41, 5.74) is -0.0692. The quantitative estimate of drug-likeness (QED) is 0.411. The van der Waals surface area contributed by atoms with Gasteiger partial charge in [0.15, 0.2) is 0 Å². The molecule has 0 fully saturated rings. The van der Waals surface area contributed by atoms with Crippen LogP contribution in [0, 0.1) is 10.1 Å². The third-order valence-corrected chi connectivity index (χ3v) is 4.22. The summed E-state index contributed by atoms with van der Waals surface area (Å²) in [7, 11) is 0. The molecule has 28 heavy (non-hydrogen) atoms. The number of aromatic hydroxyl groups is 1. The summed E-state index contributed by atoms with van der Waals surface area (Å²) in [4.78, 5) is 22.3. The van der Waals surface area contributed by atoms with Crippen molar-refractivity contribution < 1.29 is 19.6 Å². The van der Waals surface area contributed by atoms with Crippen molar-refractivity contribution in [3.8, 4) is 17.2 Å². The van der Waals surface area contributed by atoms with E-state index in [-0.39, 0.29) is 16.3 Å². The molecule has 3 rings (SSSR count). The Labute approximate surface area is 169 Å². The van der Waals surface area contributed by atoms with Crippen LogP contribution in [0.1, 0.15) is 10.4 Å². The summed E-state index contributed by atoms with van der Waals surface area (Å²) in [5.74, 6) is -0.227. The number of halogens is 2. The highest BCUT2D eigenvalue weighted by atomic mass is 35.5. The van der Waals surface area contributed by atoms with Crippen molar-refractivity contribution in [3.63, 3.8) is 0 Å². The second-order valence-corrected chi connectivity index (χ2v) is 6.46. The largest absolute Gasteiger partial charge is 0.507 e. The normalized spacial score (nSPS) is 10.4. The third kappa shape index (κ3) is 4.51. The fraction of sp³-hybridized carbons (Fsp3) is 0. The number of nitro benzene ring substituents is 1. The first kappa shape index (κ1) is 19.5. The zero-order valence-corrected chi connectivity index (χ0v) is 15.6. The van der Waals surface area contributed by atoms with Crippen LogP contribution in [-0.4, -0.2) is 15.9 Å². The van der Waals surface area contributed by atoms with Gasteiger partial charge in [-0.1, -0.05) is 23.2 Å². The van der Waals surface area contributed by atoms with Crippen LogP contribution in [0.4, 0.5) is 11.4 Å². The summed E-state index contributed by atoms with van der Waals surface area (Å²) in [5, 5.41) is 23.9. The topological polar surface area (TPSA) is 102 Å². The number of nitrogens with zero attached hydrogens (tertiary/aromatic N) is 1. The molecule has 0 aliphatic carbocycles. The van der Waals surface area contributed by atoms with E-state index < -0.39 is 16.6 Å². The maximum Gasteiger partial charge on any atom is 0.273 e. The van der Waals surface area contributed by atoms with Crippen LogP contribution in [0.2, 0.25) is 10.0 Å². The summed E-state index contributed by atoms with van der Waals surface area (Å²) >= 11 is 12.0. The number of carbonyl (C=O) groups is 1. The number of carbonyl (C=O) groups excluding carboxylic acids is 1. The summed E-state index contributed by atoms with van der Waals surface area (Å²) in [6.45, 7) is 0. The Morgan fingerprint density at radius 1 is 1.04 bits per heavy atom. The Bertz CT molecular complexity index is 1050. The number of hydrogen-bond acceptors (Lipinski definition) is 5. The molecular weight excluding hydrogens is 407 g/mol. The highest BCUT2D eigenvalue weighted by Gasteiger charge is 2.16. The van der Waals surface area contributed by atoms with Crippen molar-refractivity contribution in [1.29, 1.82) is 0 Å². The molecular formula is C19H12Cl2N2O5. The number of phenolic OH excluding ortho intramolecular Hbond substituents is 1. The number of phenols is 1. The van der Waals surface area contributed by atoms with Crippen molar-refractivity contribution >= 4 is 40.5 Å². The van der Waals surface area contributed by atoms with Gasteiger partial charge in [0.25, 0.3) is 11.6 Å². The van der Waals surface area contributed by atoms with Crippen LogP contribution in [0.5, 0.6) is 17.2 Å². The maximum atomic E-state index is 12.3. The molecule has 0 aliphatic rings. The summed E-state index contributed by atoms with van der Waals surface area (Å²) in [6.07, 6.45) is 0. The lowest BCUT2D eigenvalue weighted by molar-refractivity contribution is -0.384. The second kappa shape index (κ2) is 8.16. The van der Waals surface area contributed by atoms with Gasteiger partial charge in [-0.15, -0.1) is 0 Å². The molecule has 3 aromatic carbocycles. The van der Waals surface area contributed by atoms with Gasteiger partial charge in [-0.25, -0.2) is 0 Å². The van der Waals surface area contributed by atoms with E-state index in [9.17, 15) is 20.0 Å². The Morgan fingerprint density at radius 2 is 1.75 bits per heavy atom. The van der Waals surface area contributed by atoms with E-state index in [0.29, 0.717) is 22.2 Å². The van der Waals surface area contributed by atoms with Crippen LogP contribution >= 0.6 is 23.2 Å². The van der Waals surface area contributed by atoms with Gasteiger partial charge in [0.05, 0.1) is 21.6 Å². The zero-order chi connectivity index (χ0) is 20.3. The minimum Gasteiger partial charge on any atom is -0.507 e. The van der Waals surface area contributed by atoms with Gasteiger partial charge in [-0.3, -0.25) is 14.9 Å². The van der Waals surface area contributed by atoms with Crippen LogP contribution in [0.25, 0.3) is 0 Å². The first-order valence-corrected chi connectivity index (χ1v) is 8.61. The van der Waals surface area contributed by atoms with Gasteiger partial charge in [0, 0.05) is 16.8 Å². The number of ether oxygens (including phenoxy) is 1. The SMILES string of the molecule is O=C(Nc1ccc(Oc2ccc(Cl)cc2)c(Cl)c1)c1ccc([N+](=O)[O-])cc1O. The Kier molecular flexibility index (Phi) is 5.67. The van der Waals surface area contributed by atoms with E-state index in [2.05, 4.69) is 5.32 Å². The number of non-ortho nitro benzene ring substituents is 1. The van der Waals surface area contributed by atoms with Gasteiger partial charge >= 0.3 is 0 Å². The van der Waals surface area contributed by atoms with Crippen molar-refractivity contribution in [2.75, 3.05) is 5.32 Å². The molecule has 9 heteroatoms. The number of nitro groups is 1.